The number of thiazole rings is 1. The standard InChI is InChI=1S/C25H27ClF3N3O4S/c1-34-13-14-35-16-23(33)30-11-2-12-32-22(19-5-9-21(10-6-19)36-25(27,28)29)17-37-24(32)31-15-18-3-7-20(26)8-4-18/h3-10,17H,2,11-16H2,1H3,(H,30,33)/b31-24-. The Bertz CT molecular complexity index is 1200. The molecule has 0 aliphatic heterocycles. The molecule has 0 radical (unpaired) electrons. The highest BCUT2D eigenvalue weighted by Crippen LogP contribution is 2.27. The van der Waals surface area contributed by atoms with Crippen molar-refractivity contribution in [2.24, 2.45) is 4.99 Å². The van der Waals surface area contributed by atoms with Gasteiger partial charge in [0.05, 0.1) is 25.5 Å². The number of hydrogen-bond donors (Lipinski definition) is 1. The summed E-state index contributed by atoms with van der Waals surface area (Å²) in [5, 5.41) is 5.36. The van der Waals surface area contributed by atoms with Gasteiger partial charge in [0.25, 0.3) is 0 Å². The van der Waals surface area contributed by atoms with Crippen LogP contribution in [-0.4, -0.2) is 50.3 Å². The summed E-state index contributed by atoms with van der Waals surface area (Å²) in [6.07, 6.45) is -4.15. The minimum absolute atomic E-state index is 0.0474. The number of hydrogen-bond acceptors (Lipinski definition) is 6. The third-order valence-electron chi connectivity index (χ3n) is 5.04. The fourth-order valence-electron chi connectivity index (χ4n) is 3.30. The molecule has 12 heteroatoms. The molecule has 3 aromatic rings. The zero-order valence-corrected chi connectivity index (χ0v) is 21.7. The van der Waals surface area contributed by atoms with E-state index in [1.165, 1.54) is 23.5 Å². The van der Waals surface area contributed by atoms with Crippen LogP contribution in [0.25, 0.3) is 11.3 Å². The number of nitrogens with zero attached hydrogens (tertiary/aromatic N) is 2. The summed E-state index contributed by atoms with van der Waals surface area (Å²) >= 11 is 7.39. The fraction of sp³-hybridized carbons (Fsp3) is 0.360. The predicted octanol–water partition coefficient (Wildman–Crippen LogP) is 5.04. The van der Waals surface area contributed by atoms with E-state index in [-0.39, 0.29) is 18.3 Å². The van der Waals surface area contributed by atoms with Gasteiger partial charge in [0, 0.05) is 30.6 Å². The van der Waals surface area contributed by atoms with E-state index in [9.17, 15) is 18.0 Å². The van der Waals surface area contributed by atoms with E-state index in [0.717, 1.165) is 16.1 Å². The number of carbonyl (C=O) groups is 1. The van der Waals surface area contributed by atoms with Crippen LogP contribution in [-0.2, 0) is 27.4 Å². The number of nitrogens with one attached hydrogen (secondary N) is 1. The molecule has 7 nitrogen and oxygen atoms in total. The zero-order chi connectivity index (χ0) is 26.7. The van der Waals surface area contributed by atoms with Gasteiger partial charge in [-0.1, -0.05) is 23.7 Å². The second kappa shape index (κ2) is 14.2. The molecule has 1 aromatic heterocycles. The lowest BCUT2D eigenvalue weighted by Crippen LogP contribution is -2.30. The molecule has 0 bridgehead atoms. The van der Waals surface area contributed by atoms with E-state index >= 15 is 0 Å². The second-order valence-electron chi connectivity index (χ2n) is 7.82. The molecule has 3 rings (SSSR count). The molecular formula is C25H27ClF3N3O4S. The van der Waals surface area contributed by atoms with Crippen LogP contribution >= 0.6 is 22.9 Å². The van der Waals surface area contributed by atoms with Crippen LogP contribution in [0.4, 0.5) is 13.2 Å². The number of ether oxygens (including phenoxy) is 3. The average molecular weight is 558 g/mol. The Balaban J connectivity index is 1.73. The highest BCUT2D eigenvalue weighted by Gasteiger charge is 2.31. The highest BCUT2D eigenvalue weighted by molar-refractivity contribution is 7.07. The predicted molar refractivity (Wildman–Crippen MR) is 135 cm³/mol. The van der Waals surface area contributed by atoms with E-state index in [1.54, 1.807) is 31.4 Å². The Hall–Kier alpha value is -2.86. The lowest BCUT2D eigenvalue weighted by Gasteiger charge is -2.12. The van der Waals surface area contributed by atoms with Crippen LogP contribution in [0.2, 0.25) is 5.02 Å². The maximum absolute atomic E-state index is 12.5. The molecular weight excluding hydrogens is 531 g/mol. The van der Waals surface area contributed by atoms with Gasteiger partial charge in [-0.3, -0.25) is 9.79 Å². The second-order valence-corrected chi connectivity index (χ2v) is 9.09. The van der Waals surface area contributed by atoms with Gasteiger partial charge < -0.3 is 24.1 Å². The summed E-state index contributed by atoms with van der Waals surface area (Å²) in [5.41, 5.74) is 2.50. The molecule has 200 valence electrons. The first-order valence-corrected chi connectivity index (χ1v) is 12.6. The van der Waals surface area contributed by atoms with Gasteiger partial charge in [-0.25, -0.2) is 0 Å². The smallest absolute Gasteiger partial charge is 0.406 e. The maximum atomic E-state index is 12.5. The maximum Gasteiger partial charge on any atom is 0.573 e. The van der Waals surface area contributed by atoms with Crippen molar-refractivity contribution in [3.05, 3.63) is 69.3 Å². The largest absolute Gasteiger partial charge is 0.573 e. The van der Waals surface area contributed by atoms with Crippen molar-refractivity contribution in [2.45, 2.75) is 25.9 Å². The van der Waals surface area contributed by atoms with E-state index in [4.69, 9.17) is 26.1 Å². The SMILES string of the molecule is COCCOCC(=O)NCCCn1c(-c2ccc(OC(F)(F)F)cc2)cs/c1=N\Cc1ccc(Cl)cc1. The Morgan fingerprint density at radius 2 is 1.84 bits per heavy atom. The average Bonchev–Trinajstić information content (AvgIpc) is 3.26. The van der Waals surface area contributed by atoms with Crippen LogP contribution in [0.15, 0.2) is 58.9 Å². The van der Waals surface area contributed by atoms with Crippen molar-refractivity contribution in [2.75, 3.05) is 33.5 Å². The molecule has 1 heterocycles. The van der Waals surface area contributed by atoms with E-state index < -0.39 is 6.36 Å². The third-order valence-corrected chi connectivity index (χ3v) is 6.19. The van der Waals surface area contributed by atoms with Gasteiger partial charge in [0.2, 0.25) is 5.91 Å². The number of methoxy groups -OCH3 is 1. The molecule has 0 spiro atoms. The monoisotopic (exact) mass is 557 g/mol. The quantitative estimate of drug-likeness (QED) is 0.299. The van der Waals surface area contributed by atoms with Gasteiger partial charge in [-0.05, 0) is 53.9 Å². The summed E-state index contributed by atoms with van der Waals surface area (Å²) in [7, 11) is 1.56. The van der Waals surface area contributed by atoms with Crippen molar-refractivity contribution in [1.29, 1.82) is 0 Å². The van der Waals surface area contributed by atoms with Gasteiger partial charge in [0.15, 0.2) is 4.80 Å². The molecule has 0 fully saturated rings. The molecule has 0 aliphatic rings. The molecule has 1 N–H and O–H groups in total. The number of alkyl halides is 3. The summed E-state index contributed by atoms with van der Waals surface area (Å²) < 4.78 is 53.6. The molecule has 1 amide bonds. The van der Waals surface area contributed by atoms with Gasteiger partial charge in [-0.15, -0.1) is 24.5 Å². The van der Waals surface area contributed by atoms with Crippen LogP contribution < -0.4 is 14.9 Å². The normalized spacial score (nSPS) is 12.1. The summed E-state index contributed by atoms with van der Waals surface area (Å²) in [6, 6.07) is 13.1. The molecule has 0 saturated carbocycles. The van der Waals surface area contributed by atoms with Crippen molar-refractivity contribution >= 4 is 28.8 Å². The molecule has 0 atom stereocenters. The van der Waals surface area contributed by atoms with E-state index in [2.05, 4.69) is 10.1 Å². The van der Waals surface area contributed by atoms with Crippen LogP contribution in [0.1, 0.15) is 12.0 Å². The third kappa shape index (κ3) is 9.84. The lowest BCUT2D eigenvalue weighted by atomic mass is 10.1. The Labute approximate surface area is 221 Å². The van der Waals surface area contributed by atoms with Gasteiger partial charge in [-0.2, -0.15) is 0 Å². The first-order chi connectivity index (χ1) is 17.7. The topological polar surface area (TPSA) is 74.1 Å². The van der Waals surface area contributed by atoms with E-state index in [1.807, 2.05) is 22.1 Å². The van der Waals surface area contributed by atoms with Gasteiger partial charge >= 0.3 is 6.36 Å². The lowest BCUT2D eigenvalue weighted by molar-refractivity contribution is -0.274. The molecule has 0 unspecified atom stereocenters. The first-order valence-electron chi connectivity index (χ1n) is 11.4. The Morgan fingerprint density at radius 1 is 1.11 bits per heavy atom. The summed E-state index contributed by atoms with van der Waals surface area (Å²) in [6.45, 7) is 2.09. The van der Waals surface area contributed by atoms with E-state index in [0.29, 0.717) is 49.9 Å². The Kier molecular flexibility index (Phi) is 11.0. The molecule has 0 saturated heterocycles. The molecule has 0 aliphatic carbocycles. The number of amides is 1. The minimum Gasteiger partial charge on any atom is -0.406 e. The summed E-state index contributed by atoms with van der Waals surface area (Å²) in [5.74, 6) is -0.513. The number of benzene rings is 2. The van der Waals surface area contributed by atoms with Crippen LogP contribution in [0.5, 0.6) is 5.75 Å². The van der Waals surface area contributed by atoms with Crippen molar-refractivity contribution in [1.82, 2.24) is 9.88 Å². The highest BCUT2D eigenvalue weighted by atomic mass is 35.5. The van der Waals surface area contributed by atoms with Crippen molar-refractivity contribution in [3.8, 4) is 17.0 Å². The Morgan fingerprint density at radius 3 is 2.51 bits per heavy atom. The first kappa shape index (κ1) is 28.7. The fourth-order valence-corrected chi connectivity index (χ4v) is 4.36. The number of rotatable bonds is 13. The molecule has 2 aromatic carbocycles. The number of aromatic nitrogens is 1. The summed E-state index contributed by atoms with van der Waals surface area (Å²) in [4.78, 5) is 17.4. The van der Waals surface area contributed by atoms with Crippen LogP contribution in [0, 0.1) is 0 Å². The number of halogens is 4. The molecule has 37 heavy (non-hydrogen) atoms. The van der Waals surface area contributed by atoms with Crippen LogP contribution in [0.3, 0.4) is 0 Å². The zero-order valence-electron chi connectivity index (χ0n) is 20.1. The van der Waals surface area contributed by atoms with Crippen molar-refractivity contribution in [3.63, 3.8) is 0 Å². The van der Waals surface area contributed by atoms with Crippen molar-refractivity contribution < 1.29 is 32.2 Å². The number of carbonyl (C=O) groups excluding carboxylic acids is 1. The van der Waals surface area contributed by atoms with Gasteiger partial charge in [0.1, 0.15) is 12.4 Å². The minimum atomic E-state index is -4.75.